The molecule has 0 aliphatic heterocycles. The molecular formula is C41H25N3. The molecule has 0 aliphatic carbocycles. The van der Waals surface area contributed by atoms with Crippen LogP contribution in [0, 0.1) is 0 Å². The first-order chi connectivity index (χ1) is 21.7. The van der Waals surface area contributed by atoms with Gasteiger partial charge in [-0.15, -0.1) is 0 Å². The van der Waals surface area contributed by atoms with Gasteiger partial charge in [0.25, 0.3) is 0 Å². The highest BCUT2D eigenvalue weighted by Gasteiger charge is 2.14. The summed E-state index contributed by atoms with van der Waals surface area (Å²) in [6.45, 7) is 0. The summed E-state index contributed by atoms with van der Waals surface area (Å²) in [7, 11) is 0. The Bertz CT molecular complexity index is 2420. The first-order valence-electron chi connectivity index (χ1n) is 14.8. The molecule has 0 radical (unpaired) electrons. The van der Waals surface area contributed by atoms with Crippen molar-refractivity contribution in [1.29, 1.82) is 0 Å². The quantitative estimate of drug-likeness (QED) is 0.202. The molecule has 9 rings (SSSR count). The van der Waals surface area contributed by atoms with Crippen LogP contribution in [0.15, 0.2) is 152 Å². The van der Waals surface area contributed by atoms with Gasteiger partial charge in [-0.25, -0.2) is 9.97 Å². The Balaban J connectivity index is 1.27. The molecule has 0 atom stereocenters. The van der Waals surface area contributed by atoms with E-state index in [1.165, 1.54) is 43.1 Å². The standard InChI is InChI=1S/C41H25N3/c1-3-9-28-21-34-23-32(15-13-30(34)19-26(28)7-1)39-25-40(44-41(43-39)37-17-18-42-38-12-6-5-11-36(37)38)33-16-14-31-20-27-8-2-4-10-29(27)22-35(31)24-33/h1-25H. The number of pyridine rings is 1. The Hall–Kier alpha value is -5.93. The van der Waals surface area contributed by atoms with Crippen LogP contribution in [0.4, 0.5) is 0 Å². The minimum absolute atomic E-state index is 0.688. The van der Waals surface area contributed by atoms with Gasteiger partial charge < -0.3 is 0 Å². The predicted molar refractivity (Wildman–Crippen MR) is 184 cm³/mol. The van der Waals surface area contributed by atoms with Crippen LogP contribution in [0.2, 0.25) is 0 Å². The van der Waals surface area contributed by atoms with Gasteiger partial charge in [-0.3, -0.25) is 4.98 Å². The summed E-state index contributed by atoms with van der Waals surface area (Å²) in [5, 5.41) is 10.8. The zero-order valence-electron chi connectivity index (χ0n) is 23.8. The fourth-order valence-electron chi connectivity index (χ4n) is 6.35. The second-order valence-electron chi connectivity index (χ2n) is 11.4. The maximum absolute atomic E-state index is 5.18. The predicted octanol–water partition coefficient (Wildman–Crippen LogP) is 10.6. The third-order valence-electron chi connectivity index (χ3n) is 8.62. The van der Waals surface area contributed by atoms with Crippen LogP contribution >= 0.6 is 0 Å². The summed E-state index contributed by atoms with van der Waals surface area (Å²) in [6, 6.07) is 51.6. The van der Waals surface area contributed by atoms with Gasteiger partial charge in [0.2, 0.25) is 0 Å². The highest BCUT2D eigenvalue weighted by molar-refractivity contribution is 6.01. The van der Waals surface area contributed by atoms with Crippen LogP contribution in [0.5, 0.6) is 0 Å². The molecule has 9 aromatic rings. The van der Waals surface area contributed by atoms with E-state index in [1.54, 1.807) is 0 Å². The van der Waals surface area contributed by atoms with E-state index in [1.807, 2.05) is 30.5 Å². The van der Waals surface area contributed by atoms with Crippen LogP contribution < -0.4 is 0 Å². The first kappa shape index (κ1) is 24.6. The van der Waals surface area contributed by atoms with Crippen LogP contribution in [-0.2, 0) is 0 Å². The molecule has 0 N–H and O–H groups in total. The molecule has 0 bridgehead atoms. The van der Waals surface area contributed by atoms with Gasteiger partial charge >= 0.3 is 0 Å². The largest absolute Gasteiger partial charge is 0.256 e. The topological polar surface area (TPSA) is 38.7 Å². The second kappa shape index (κ2) is 9.82. The first-order valence-corrected chi connectivity index (χ1v) is 14.8. The number of nitrogens with zero attached hydrogens (tertiary/aromatic N) is 3. The molecule has 2 heterocycles. The van der Waals surface area contributed by atoms with E-state index in [-0.39, 0.29) is 0 Å². The van der Waals surface area contributed by atoms with E-state index >= 15 is 0 Å². The molecule has 0 amide bonds. The summed E-state index contributed by atoms with van der Waals surface area (Å²) in [6.07, 6.45) is 1.84. The highest BCUT2D eigenvalue weighted by atomic mass is 14.9. The Labute approximate surface area is 254 Å². The molecule has 2 aromatic heterocycles. The van der Waals surface area contributed by atoms with Crippen molar-refractivity contribution in [3.63, 3.8) is 0 Å². The number of hydrogen-bond donors (Lipinski definition) is 0. The van der Waals surface area contributed by atoms with E-state index in [2.05, 4.69) is 126 Å². The normalized spacial score (nSPS) is 11.6. The number of fused-ring (bicyclic) bond motifs is 5. The van der Waals surface area contributed by atoms with E-state index in [4.69, 9.17) is 9.97 Å². The van der Waals surface area contributed by atoms with Gasteiger partial charge in [0.05, 0.1) is 16.9 Å². The summed E-state index contributed by atoms with van der Waals surface area (Å²) < 4.78 is 0. The average molecular weight is 560 g/mol. The van der Waals surface area contributed by atoms with E-state index < -0.39 is 0 Å². The molecule has 3 nitrogen and oxygen atoms in total. The van der Waals surface area contributed by atoms with E-state index in [9.17, 15) is 0 Å². The van der Waals surface area contributed by atoms with Crippen molar-refractivity contribution < 1.29 is 0 Å². The smallest absolute Gasteiger partial charge is 0.161 e. The maximum Gasteiger partial charge on any atom is 0.161 e. The Kier molecular flexibility index (Phi) is 5.50. The van der Waals surface area contributed by atoms with Crippen molar-refractivity contribution in [3.8, 4) is 33.9 Å². The third kappa shape index (κ3) is 4.18. The van der Waals surface area contributed by atoms with Crippen LogP contribution in [0.25, 0.3) is 87.9 Å². The monoisotopic (exact) mass is 559 g/mol. The minimum Gasteiger partial charge on any atom is -0.256 e. The zero-order chi connectivity index (χ0) is 29.0. The van der Waals surface area contributed by atoms with Crippen molar-refractivity contribution >= 4 is 54.0 Å². The number of benzene rings is 7. The molecule has 3 heteroatoms. The molecular weight excluding hydrogens is 534 g/mol. The Morgan fingerprint density at radius 3 is 1.41 bits per heavy atom. The summed E-state index contributed by atoms with van der Waals surface area (Å²) >= 11 is 0. The average Bonchev–Trinajstić information content (AvgIpc) is 3.09. The SMILES string of the molecule is c1ccc2cc3cc(-c4cc(-c5ccc6cc7ccccc7cc6c5)nc(-c5ccnc6ccccc56)n4)ccc3cc2c1. The molecule has 204 valence electrons. The van der Waals surface area contributed by atoms with Gasteiger partial charge in [0.1, 0.15) is 0 Å². The second-order valence-corrected chi connectivity index (χ2v) is 11.4. The molecule has 0 saturated heterocycles. The fourth-order valence-corrected chi connectivity index (χ4v) is 6.35. The van der Waals surface area contributed by atoms with Gasteiger partial charge in [0, 0.05) is 28.3 Å². The molecule has 7 aromatic carbocycles. The summed E-state index contributed by atoms with van der Waals surface area (Å²) in [5.41, 5.74) is 5.79. The molecule has 0 spiro atoms. The number of hydrogen-bond acceptors (Lipinski definition) is 3. The van der Waals surface area contributed by atoms with E-state index in [0.29, 0.717) is 5.82 Å². The fraction of sp³-hybridized carbons (Fsp3) is 0. The van der Waals surface area contributed by atoms with Crippen molar-refractivity contribution in [2.45, 2.75) is 0 Å². The van der Waals surface area contributed by atoms with Gasteiger partial charge in [-0.05, 0) is 97.7 Å². The minimum atomic E-state index is 0.688. The summed E-state index contributed by atoms with van der Waals surface area (Å²) in [4.78, 5) is 15.0. The lowest BCUT2D eigenvalue weighted by atomic mass is 9.98. The molecule has 0 unspecified atom stereocenters. The van der Waals surface area contributed by atoms with Gasteiger partial charge in [-0.1, -0.05) is 91.0 Å². The lowest BCUT2D eigenvalue weighted by Gasteiger charge is -2.12. The van der Waals surface area contributed by atoms with Crippen LogP contribution in [0.3, 0.4) is 0 Å². The van der Waals surface area contributed by atoms with Gasteiger partial charge in [-0.2, -0.15) is 0 Å². The maximum atomic E-state index is 5.18. The molecule has 0 fully saturated rings. The number of aromatic nitrogens is 3. The van der Waals surface area contributed by atoms with E-state index in [0.717, 1.165) is 39.0 Å². The van der Waals surface area contributed by atoms with Crippen molar-refractivity contribution in [2.75, 3.05) is 0 Å². The van der Waals surface area contributed by atoms with Gasteiger partial charge in [0.15, 0.2) is 5.82 Å². The van der Waals surface area contributed by atoms with Crippen molar-refractivity contribution in [2.24, 2.45) is 0 Å². The lowest BCUT2D eigenvalue weighted by molar-refractivity contribution is 1.19. The molecule has 0 aliphatic rings. The zero-order valence-corrected chi connectivity index (χ0v) is 23.8. The van der Waals surface area contributed by atoms with Crippen molar-refractivity contribution in [1.82, 2.24) is 15.0 Å². The Morgan fingerprint density at radius 2 is 0.841 bits per heavy atom. The van der Waals surface area contributed by atoms with Crippen LogP contribution in [-0.4, -0.2) is 15.0 Å². The number of para-hydroxylation sites is 1. The Morgan fingerprint density at radius 1 is 0.364 bits per heavy atom. The lowest BCUT2D eigenvalue weighted by Crippen LogP contribution is -1.97. The van der Waals surface area contributed by atoms with Crippen molar-refractivity contribution in [3.05, 3.63) is 152 Å². The number of rotatable bonds is 3. The highest BCUT2D eigenvalue weighted by Crippen LogP contribution is 2.34. The molecule has 0 saturated carbocycles. The summed E-state index contributed by atoms with van der Waals surface area (Å²) in [5.74, 6) is 0.688. The third-order valence-corrected chi connectivity index (χ3v) is 8.62. The molecule has 44 heavy (non-hydrogen) atoms. The van der Waals surface area contributed by atoms with Crippen LogP contribution in [0.1, 0.15) is 0 Å².